The zero-order chi connectivity index (χ0) is 21.7. The van der Waals surface area contributed by atoms with E-state index in [0.29, 0.717) is 44.5 Å². The number of benzene rings is 2. The summed E-state index contributed by atoms with van der Waals surface area (Å²) in [7, 11) is 0. The first-order chi connectivity index (χ1) is 14.4. The summed E-state index contributed by atoms with van der Waals surface area (Å²) in [6.07, 6.45) is 0.688. The first-order valence-corrected chi connectivity index (χ1v) is 10.3. The monoisotopic (exact) mass is 446 g/mol. The minimum absolute atomic E-state index is 0.259. The Hall–Kier alpha value is -2.97. The smallest absolute Gasteiger partial charge is 0.344 e. The van der Waals surface area contributed by atoms with E-state index >= 15 is 0 Å². The number of carboxylic acids is 1. The molecule has 3 rings (SSSR count). The van der Waals surface area contributed by atoms with E-state index in [4.69, 9.17) is 26.2 Å². The summed E-state index contributed by atoms with van der Waals surface area (Å²) in [5.74, 6) is -0.610. The van der Waals surface area contributed by atoms with Gasteiger partial charge in [0.15, 0.2) is 22.8 Å². The van der Waals surface area contributed by atoms with Crippen LogP contribution in [0.5, 0.6) is 11.5 Å². The minimum Gasteiger partial charge on any atom is -0.490 e. The first-order valence-electron chi connectivity index (χ1n) is 9.07. The Morgan fingerprint density at radius 1 is 1.27 bits per heavy atom. The number of aliphatic carboxylic acids is 1. The molecule has 1 aliphatic heterocycles. The molecular weight excluding hydrogens is 428 g/mol. The number of nitrogens with zero attached hydrogens (tertiary/aromatic N) is 1. The Balaban J connectivity index is 1.81. The van der Waals surface area contributed by atoms with Gasteiger partial charge in [-0.05, 0) is 73.6 Å². The van der Waals surface area contributed by atoms with E-state index in [-0.39, 0.29) is 5.91 Å². The van der Waals surface area contributed by atoms with Gasteiger partial charge in [0.2, 0.25) is 0 Å². The Bertz CT molecular complexity index is 1020. The van der Waals surface area contributed by atoms with Crippen LogP contribution in [0, 0.1) is 0 Å². The van der Waals surface area contributed by atoms with Crippen LogP contribution in [0.2, 0.25) is 5.02 Å². The average Bonchev–Trinajstić information content (AvgIpc) is 3.04. The molecule has 1 amide bonds. The molecule has 2 aromatic rings. The van der Waals surface area contributed by atoms with Crippen molar-refractivity contribution >= 4 is 52.2 Å². The van der Waals surface area contributed by atoms with Crippen LogP contribution in [-0.2, 0) is 9.59 Å². The molecule has 156 valence electrons. The number of carboxylic acid groups (broad SMARTS) is 1. The molecule has 0 saturated carbocycles. The second kappa shape index (κ2) is 9.69. The van der Waals surface area contributed by atoms with Crippen molar-refractivity contribution in [2.75, 3.05) is 6.61 Å². The van der Waals surface area contributed by atoms with Crippen molar-refractivity contribution in [1.82, 2.24) is 5.32 Å². The second-order valence-corrected chi connectivity index (χ2v) is 7.66. The maximum Gasteiger partial charge on any atom is 0.344 e. The van der Waals surface area contributed by atoms with Crippen LogP contribution in [0.25, 0.3) is 6.08 Å². The number of amidine groups is 1. The first kappa shape index (κ1) is 21.7. The molecule has 0 aromatic heterocycles. The number of hydrogen-bond acceptors (Lipinski definition) is 6. The predicted octanol–water partition coefficient (Wildman–Crippen LogP) is 4.48. The molecule has 0 bridgehead atoms. The third-order valence-corrected chi connectivity index (χ3v) is 5.09. The fraction of sp³-hybridized carbons (Fsp3) is 0.190. The van der Waals surface area contributed by atoms with Crippen LogP contribution in [-0.4, -0.2) is 34.9 Å². The Kier molecular flexibility index (Phi) is 7.02. The van der Waals surface area contributed by atoms with Gasteiger partial charge in [-0.3, -0.25) is 4.79 Å². The van der Waals surface area contributed by atoms with Gasteiger partial charge in [-0.25, -0.2) is 9.79 Å². The number of amides is 1. The number of rotatable bonds is 7. The van der Waals surface area contributed by atoms with E-state index in [0.717, 1.165) is 0 Å². The summed E-state index contributed by atoms with van der Waals surface area (Å²) in [5.41, 5.74) is 1.38. The topological polar surface area (TPSA) is 97.2 Å². The van der Waals surface area contributed by atoms with Crippen LogP contribution >= 0.6 is 23.4 Å². The normalized spacial score (nSPS) is 17.1. The van der Waals surface area contributed by atoms with E-state index in [9.17, 15) is 9.59 Å². The number of halogens is 1. The Morgan fingerprint density at radius 3 is 2.67 bits per heavy atom. The predicted molar refractivity (Wildman–Crippen MR) is 118 cm³/mol. The quantitative estimate of drug-likeness (QED) is 0.608. The second-order valence-electron chi connectivity index (χ2n) is 6.20. The minimum atomic E-state index is -1.07. The SMILES string of the molecule is CCOc1cc(/C=C2/SC(=Nc3ccc(Cl)cc3)NC2=O)ccc1O[C@H](C)C(=O)O. The highest BCUT2D eigenvalue weighted by atomic mass is 35.5. The van der Waals surface area contributed by atoms with Gasteiger partial charge >= 0.3 is 5.97 Å². The third-order valence-electron chi connectivity index (χ3n) is 3.93. The molecule has 0 aliphatic carbocycles. The van der Waals surface area contributed by atoms with Gasteiger partial charge in [0, 0.05) is 5.02 Å². The molecule has 0 radical (unpaired) electrons. The molecule has 1 saturated heterocycles. The van der Waals surface area contributed by atoms with Gasteiger partial charge in [0.25, 0.3) is 5.91 Å². The molecule has 7 nitrogen and oxygen atoms in total. The van der Waals surface area contributed by atoms with Crippen molar-refractivity contribution in [3.8, 4) is 11.5 Å². The van der Waals surface area contributed by atoms with Crippen molar-refractivity contribution < 1.29 is 24.2 Å². The van der Waals surface area contributed by atoms with Gasteiger partial charge < -0.3 is 19.9 Å². The van der Waals surface area contributed by atoms with Gasteiger partial charge in [-0.2, -0.15) is 0 Å². The average molecular weight is 447 g/mol. The van der Waals surface area contributed by atoms with Crippen molar-refractivity contribution in [1.29, 1.82) is 0 Å². The number of thioether (sulfide) groups is 1. The molecule has 30 heavy (non-hydrogen) atoms. The summed E-state index contributed by atoms with van der Waals surface area (Å²) in [6, 6.07) is 12.0. The van der Waals surface area contributed by atoms with Crippen molar-refractivity contribution in [2.24, 2.45) is 4.99 Å². The van der Waals surface area contributed by atoms with E-state index < -0.39 is 12.1 Å². The van der Waals surface area contributed by atoms with Crippen LogP contribution in [0.3, 0.4) is 0 Å². The summed E-state index contributed by atoms with van der Waals surface area (Å²) in [5, 5.41) is 12.8. The molecule has 2 aromatic carbocycles. The summed E-state index contributed by atoms with van der Waals surface area (Å²) in [4.78, 5) is 28.2. The number of ether oxygens (including phenoxy) is 2. The van der Waals surface area contributed by atoms with E-state index in [2.05, 4.69) is 10.3 Å². The highest BCUT2D eigenvalue weighted by Gasteiger charge is 2.24. The van der Waals surface area contributed by atoms with Crippen LogP contribution < -0.4 is 14.8 Å². The molecule has 2 N–H and O–H groups in total. The lowest BCUT2D eigenvalue weighted by atomic mass is 10.2. The van der Waals surface area contributed by atoms with E-state index in [1.54, 1.807) is 48.5 Å². The number of aliphatic imine (C=N–C) groups is 1. The summed E-state index contributed by atoms with van der Waals surface area (Å²) >= 11 is 7.09. The maximum atomic E-state index is 12.3. The molecule has 1 fully saturated rings. The van der Waals surface area contributed by atoms with Gasteiger partial charge in [0.05, 0.1) is 17.2 Å². The van der Waals surface area contributed by atoms with Crippen LogP contribution in [0.4, 0.5) is 5.69 Å². The van der Waals surface area contributed by atoms with E-state index in [1.807, 2.05) is 6.92 Å². The maximum absolute atomic E-state index is 12.3. The largest absolute Gasteiger partial charge is 0.490 e. The lowest BCUT2D eigenvalue weighted by Crippen LogP contribution is -2.23. The van der Waals surface area contributed by atoms with Crippen LogP contribution in [0.1, 0.15) is 19.4 Å². The lowest BCUT2D eigenvalue weighted by molar-refractivity contribution is -0.144. The molecule has 1 heterocycles. The molecule has 0 unspecified atom stereocenters. The molecule has 9 heteroatoms. The zero-order valence-electron chi connectivity index (χ0n) is 16.2. The Labute approximate surface area is 182 Å². The molecule has 0 spiro atoms. The fourth-order valence-corrected chi connectivity index (χ4v) is 3.45. The van der Waals surface area contributed by atoms with Gasteiger partial charge in [-0.1, -0.05) is 17.7 Å². The van der Waals surface area contributed by atoms with Crippen molar-refractivity contribution in [2.45, 2.75) is 20.0 Å². The number of carbonyl (C=O) groups is 2. The number of nitrogens with one attached hydrogen (secondary N) is 1. The fourth-order valence-electron chi connectivity index (χ4n) is 2.49. The van der Waals surface area contributed by atoms with Crippen molar-refractivity contribution in [3.63, 3.8) is 0 Å². The lowest BCUT2D eigenvalue weighted by Gasteiger charge is -2.15. The highest BCUT2D eigenvalue weighted by molar-refractivity contribution is 8.18. The number of hydrogen-bond donors (Lipinski definition) is 2. The summed E-state index contributed by atoms with van der Waals surface area (Å²) in [6.45, 7) is 3.63. The molecule has 1 atom stereocenters. The standard InChI is InChI=1S/C21H19ClN2O5S/c1-3-28-17-10-13(4-9-16(17)29-12(2)20(26)27)11-18-19(25)24-21(30-18)23-15-7-5-14(22)6-8-15/h4-12H,3H2,1-2H3,(H,26,27)(H,23,24,25)/b18-11+/t12-/m1/s1. The zero-order valence-corrected chi connectivity index (χ0v) is 17.8. The number of carbonyl (C=O) groups excluding carboxylic acids is 1. The third kappa shape index (κ3) is 5.55. The Morgan fingerprint density at radius 2 is 2.00 bits per heavy atom. The molecule has 1 aliphatic rings. The van der Waals surface area contributed by atoms with E-state index in [1.165, 1.54) is 18.7 Å². The van der Waals surface area contributed by atoms with Crippen molar-refractivity contribution in [3.05, 3.63) is 58.0 Å². The highest BCUT2D eigenvalue weighted by Crippen LogP contribution is 2.33. The summed E-state index contributed by atoms with van der Waals surface area (Å²) < 4.78 is 11.0. The van der Waals surface area contributed by atoms with Gasteiger partial charge in [0.1, 0.15) is 0 Å². The molecular formula is C21H19ClN2O5S. The van der Waals surface area contributed by atoms with Gasteiger partial charge in [-0.15, -0.1) is 0 Å². The van der Waals surface area contributed by atoms with Crippen LogP contribution in [0.15, 0.2) is 52.4 Å².